The molecular formula is C11H14N3O+. The SMILES string of the molecule is O=C(NNC1=[NH+]CCC1)c1ccccc1. The van der Waals surface area contributed by atoms with E-state index in [-0.39, 0.29) is 5.91 Å². The van der Waals surface area contributed by atoms with E-state index in [4.69, 9.17) is 0 Å². The summed E-state index contributed by atoms with van der Waals surface area (Å²) >= 11 is 0. The first kappa shape index (κ1) is 9.71. The van der Waals surface area contributed by atoms with E-state index in [1.165, 1.54) is 0 Å². The first-order valence-electron chi connectivity index (χ1n) is 5.07. The number of hydrazine groups is 1. The molecule has 1 aliphatic heterocycles. The Balaban J connectivity index is 1.87. The first-order chi connectivity index (χ1) is 7.36. The van der Waals surface area contributed by atoms with Crippen molar-refractivity contribution in [2.75, 3.05) is 6.54 Å². The van der Waals surface area contributed by atoms with Crippen LogP contribution in [0.3, 0.4) is 0 Å². The van der Waals surface area contributed by atoms with Crippen LogP contribution in [0.1, 0.15) is 23.2 Å². The molecule has 1 aliphatic rings. The number of hydrogen-bond acceptors (Lipinski definition) is 2. The monoisotopic (exact) mass is 204 g/mol. The Hall–Kier alpha value is -1.84. The normalized spacial score (nSPS) is 14.5. The van der Waals surface area contributed by atoms with Crippen molar-refractivity contribution in [2.24, 2.45) is 0 Å². The van der Waals surface area contributed by atoms with Crippen LogP contribution in [0.5, 0.6) is 0 Å². The molecule has 4 heteroatoms. The minimum atomic E-state index is -0.114. The predicted molar refractivity (Wildman–Crippen MR) is 57.1 cm³/mol. The number of carbonyl (C=O) groups excluding carboxylic acids is 1. The number of amides is 1. The quantitative estimate of drug-likeness (QED) is 0.524. The lowest BCUT2D eigenvalue weighted by molar-refractivity contribution is -0.449. The lowest BCUT2D eigenvalue weighted by Crippen LogP contribution is -2.73. The second-order valence-electron chi connectivity index (χ2n) is 3.45. The topological polar surface area (TPSA) is 55.1 Å². The van der Waals surface area contributed by atoms with Gasteiger partial charge in [-0.15, -0.1) is 0 Å². The van der Waals surface area contributed by atoms with Crippen molar-refractivity contribution in [1.82, 2.24) is 10.9 Å². The Bertz CT molecular complexity index is 373. The Morgan fingerprint density at radius 3 is 2.73 bits per heavy atom. The summed E-state index contributed by atoms with van der Waals surface area (Å²) in [5, 5.41) is 0. The average Bonchev–Trinajstić information content (AvgIpc) is 2.80. The van der Waals surface area contributed by atoms with Crippen LogP contribution in [0.2, 0.25) is 0 Å². The van der Waals surface area contributed by atoms with Crippen molar-refractivity contribution >= 4 is 11.7 Å². The molecule has 1 aromatic rings. The summed E-state index contributed by atoms with van der Waals surface area (Å²) in [4.78, 5) is 14.7. The molecule has 0 saturated heterocycles. The zero-order valence-corrected chi connectivity index (χ0v) is 8.42. The average molecular weight is 204 g/mol. The third-order valence-corrected chi connectivity index (χ3v) is 2.30. The van der Waals surface area contributed by atoms with Gasteiger partial charge in [-0.25, -0.2) is 0 Å². The van der Waals surface area contributed by atoms with Gasteiger partial charge in [0.1, 0.15) is 0 Å². The third-order valence-electron chi connectivity index (χ3n) is 2.30. The van der Waals surface area contributed by atoms with E-state index in [0.29, 0.717) is 5.56 Å². The number of carbonyl (C=O) groups is 1. The molecule has 1 aromatic carbocycles. The van der Waals surface area contributed by atoms with Crippen LogP contribution in [0, 0.1) is 0 Å². The molecule has 4 nitrogen and oxygen atoms in total. The minimum Gasteiger partial charge on any atom is -0.277 e. The van der Waals surface area contributed by atoms with Crippen molar-refractivity contribution in [3.05, 3.63) is 35.9 Å². The molecular weight excluding hydrogens is 190 g/mol. The highest BCUT2D eigenvalue weighted by molar-refractivity contribution is 5.95. The van der Waals surface area contributed by atoms with Crippen LogP contribution in [-0.2, 0) is 0 Å². The zero-order chi connectivity index (χ0) is 10.5. The fourth-order valence-electron chi connectivity index (χ4n) is 1.49. The van der Waals surface area contributed by atoms with Crippen LogP contribution in [0.4, 0.5) is 0 Å². The zero-order valence-electron chi connectivity index (χ0n) is 8.42. The second-order valence-corrected chi connectivity index (χ2v) is 3.45. The van der Waals surface area contributed by atoms with Crippen LogP contribution in [0.15, 0.2) is 30.3 Å². The van der Waals surface area contributed by atoms with Gasteiger partial charge in [0.05, 0.1) is 13.0 Å². The van der Waals surface area contributed by atoms with Crippen LogP contribution in [-0.4, -0.2) is 18.3 Å². The van der Waals surface area contributed by atoms with E-state index in [9.17, 15) is 4.79 Å². The molecule has 0 saturated carbocycles. The molecule has 0 spiro atoms. The lowest BCUT2D eigenvalue weighted by Gasteiger charge is -2.01. The summed E-state index contributed by atoms with van der Waals surface area (Å²) < 4.78 is 0. The Morgan fingerprint density at radius 2 is 2.07 bits per heavy atom. The van der Waals surface area contributed by atoms with Gasteiger partial charge >= 0.3 is 0 Å². The van der Waals surface area contributed by atoms with Crippen molar-refractivity contribution in [1.29, 1.82) is 0 Å². The van der Waals surface area contributed by atoms with Gasteiger partial charge in [-0.1, -0.05) is 18.2 Å². The van der Waals surface area contributed by atoms with Crippen molar-refractivity contribution < 1.29 is 9.79 Å². The molecule has 0 bridgehead atoms. The minimum absolute atomic E-state index is 0.114. The Kier molecular flexibility index (Phi) is 2.97. The van der Waals surface area contributed by atoms with Crippen LogP contribution in [0.25, 0.3) is 0 Å². The summed E-state index contributed by atoms with van der Waals surface area (Å²) in [6, 6.07) is 9.14. The third kappa shape index (κ3) is 2.56. The maximum Gasteiger partial charge on any atom is 0.286 e. The van der Waals surface area contributed by atoms with E-state index in [1.807, 2.05) is 18.2 Å². The fraction of sp³-hybridized carbons (Fsp3) is 0.273. The predicted octanol–water partition coefficient (Wildman–Crippen LogP) is -0.806. The number of rotatable bonds is 1. The molecule has 0 radical (unpaired) electrons. The van der Waals surface area contributed by atoms with Gasteiger partial charge in [0.15, 0.2) is 0 Å². The molecule has 2 rings (SSSR count). The molecule has 3 N–H and O–H groups in total. The van der Waals surface area contributed by atoms with E-state index >= 15 is 0 Å². The lowest BCUT2D eigenvalue weighted by atomic mass is 10.2. The van der Waals surface area contributed by atoms with Gasteiger partial charge in [-0.05, 0) is 18.6 Å². The molecule has 0 aliphatic carbocycles. The van der Waals surface area contributed by atoms with Crippen molar-refractivity contribution in [3.8, 4) is 0 Å². The smallest absolute Gasteiger partial charge is 0.277 e. The molecule has 1 heterocycles. The van der Waals surface area contributed by atoms with Crippen molar-refractivity contribution in [3.63, 3.8) is 0 Å². The molecule has 0 aromatic heterocycles. The molecule has 0 fully saturated rings. The maximum atomic E-state index is 11.6. The standard InChI is InChI=1S/C11H13N3O/c15-11(9-5-2-1-3-6-9)14-13-10-7-4-8-12-10/h1-3,5-6H,4,7-8H2,(H,12,13)(H,14,15)/p+1. The van der Waals surface area contributed by atoms with Crippen molar-refractivity contribution in [2.45, 2.75) is 12.8 Å². The summed E-state index contributed by atoms with van der Waals surface area (Å²) in [7, 11) is 0. The largest absolute Gasteiger partial charge is 0.286 e. The molecule has 0 unspecified atom stereocenters. The highest BCUT2D eigenvalue weighted by Crippen LogP contribution is 1.96. The van der Waals surface area contributed by atoms with Crippen LogP contribution >= 0.6 is 0 Å². The summed E-state index contributed by atoms with van der Waals surface area (Å²) in [6.07, 6.45) is 2.08. The van der Waals surface area contributed by atoms with Gasteiger partial charge in [-0.2, -0.15) is 10.9 Å². The van der Waals surface area contributed by atoms with Gasteiger partial charge in [0.25, 0.3) is 11.7 Å². The number of hydrogen-bond donors (Lipinski definition) is 3. The van der Waals surface area contributed by atoms with E-state index in [1.54, 1.807) is 12.1 Å². The molecule has 15 heavy (non-hydrogen) atoms. The van der Waals surface area contributed by atoms with E-state index in [2.05, 4.69) is 15.8 Å². The van der Waals surface area contributed by atoms with E-state index < -0.39 is 0 Å². The first-order valence-corrected chi connectivity index (χ1v) is 5.07. The number of benzene rings is 1. The van der Waals surface area contributed by atoms with Crippen LogP contribution < -0.4 is 15.8 Å². The molecule has 1 amide bonds. The number of amidine groups is 1. The van der Waals surface area contributed by atoms with E-state index in [0.717, 1.165) is 25.2 Å². The van der Waals surface area contributed by atoms with Gasteiger partial charge in [0.2, 0.25) is 0 Å². The second kappa shape index (κ2) is 4.59. The van der Waals surface area contributed by atoms with Gasteiger partial charge in [0, 0.05) is 5.56 Å². The molecule has 78 valence electrons. The number of nitrogens with one attached hydrogen (secondary N) is 3. The fourth-order valence-corrected chi connectivity index (χ4v) is 1.49. The summed E-state index contributed by atoms with van der Waals surface area (Å²) in [6.45, 7) is 0.976. The molecule has 0 atom stereocenters. The summed E-state index contributed by atoms with van der Waals surface area (Å²) in [5.41, 5.74) is 6.19. The Morgan fingerprint density at radius 1 is 1.27 bits per heavy atom. The van der Waals surface area contributed by atoms with Gasteiger partial charge in [-0.3, -0.25) is 9.79 Å². The highest BCUT2D eigenvalue weighted by Gasteiger charge is 2.13. The maximum absolute atomic E-state index is 11.6. The highest BCUT2D eigenvalue weighted by atomic mass is 16.2. The summed E-state index contributed by atoms with van der Waals surface area (Å²) in [5.74, 6) is 0.871. The van der Waals surface area contributed by atoms with Gasteiger partial charge < -0.3 is 0 Å². The Labute approximate surface area is 88.4 Å².